The molecule has 2 aliphatic rings. The van der Waals surface area contributed by atoms with Gasteiger partial charge in [-0.25, -0.2) is 5.06 Å². The lowest BCUT2D eigenvalue weighted by Gasteiger charge is -2.12. The van der Waals surface area contributed by atoms with Crippen molar-refractivity contribution < 1.29 is 19.6 Å². The number of hydrogen-bond acceptors (Lipinski definition) is 6. The van der Waals surface area contributed by atoms with E-state index in [1.165, 1.54) is 0 Å². The third kappa shape index (κ3) is 4.54. The summed E-state index contributed by atoms with van der Waals surface area (Å²) in [6.07, 6.45) is 2.58. The number of fused-ring (bicyclic) bond motifs is 1. The van der Waals surface area contributed by atoms with Gasteiger partial charge in [0.2, 0.25) is 0 Å². The number of carbonyl (C=O) groups is 3. The molecule has 1 aromatic carbocycles. The van der Waals surface area contributed by atoms with Crippen LogP contribution in [-0.2, 0) is 27.3 Å². The van der Waals surface area contributed by atoms with Crippen LogP contribution in [0.3, 0.4) is 0 Å². The lowest BCUT2D eigenvalue weighted by atomic mass is 9.94. The Morgan fingerprint density at radius 3 is 2.77 bits per heavy atom. The molecule has 31 heavy (non-hydrogen) atoms. The number of aromatic nitrogens is 1. The number of aliphatic imine (C=N–C) groups is 1. The van der Waals surface area contributed by atoms with Crippen molar-refractivity contribution in [2.75, 3.05) is 6.54 Å². The van der Waals surface area contributed by atoms with E-state index in [0.29, 0.717) is 35.7 Å². The molecular formula is C23H24N4O4. The third-order valence-corrected chi connectivity index (χ3v) is 5.69. The molecule has 1 fully saturated rings. The molecule has 2 aromatic rings. The molecular weight excluding hydrogens is 396 g/mol. The fraction of sp³-hybridized carbons (Fsp3) is 0.348. The Morgan fingerprint density at radius 1 is 1.29 bits per heavy atom. The van der Waals surface area contributed by atoms with Crippen molar-refractivity contribution in [3.8, 4) is 0 Å². The van der Waals surface area contributed by atoms with E-state index in [0.717, 1.165) is 11.1 Å². The van der Waals surface area contributed by atoms with E-state index < -0.39 is 17.9 Å². The molecule has 2 N–H and O–H groups in total. The molecule has 8 heteroatoms. The maximum absolute atomic E-state index is 12.6. The first-order chi connectivity index (χ1) is 14.9. The Morgan fingerprint density at radius 2 is 2.06 bits per heavy atom. The summed E-state index contributed by atoms with van der Waals surface area (Å²) in [5.74, 6) is -0.748. The summed E-state index contributed by atoms with van der Waals surface area (Å²) in [6, 6.07) is 11.0. The Balaban J connectivity index is 1.37. The van der Waals surface area contributed by atoms with Gasteiger partial charge < -0.3 is 5.32 Å². The minimum atomic E-state index is -0.749. The van der Waals surface area contributed by atoms with Crippen LogP contribution in [-0.4, -0.2) is 51.2 Å². The molecule has 4 rings (SSSR count). The van der Waals surface area contributed by atoms with Gasteiger partial charge in [0.1, 0.15) is 17.5 Å². The van der Waals surface area contributed by atoms with Crippen LogP contribution in [0.1, 0.15) is 48.1 Å². The summed E-state index contributed by atoms with van der Waals surface area (Å²) in [4.78, 5) is 45.5. The van der Waals surface area contributed by atoms with Crippen LogP contribution >= 0.6 is 0 Å². The van der Waals surface area contributed by atoms with Gasteiger partial charge in [-0.1, -0.05) is 37.3 Å². The monoisotopic (exact) mass is 420 g/mol. The van der Waals surface area contributed by atoms with Crippen LogP contribution in [0, 0.1) is 0 Å². The normalized spacial score (nSPS) is 18.5. The van der Waals surface area contributed by atoms with Crippen LogP contribution < -0.4 is 5.32 Å². The highest BCUT2D eigenvalue weighted by molar-refractivity contribution is 6.46. The first kappa shape index (κ1) is 20.9. The molecule has 0 spiro atoms. The Bertz CT molecular complexity index is 1050. The highest BCUT2D eigenvalue weighted by Crippen LogP contribution is 2.22. The van der Waals surface area contributed by atoms with Crippen molar-refractivity contribution in [1.29, 1.82) is 0 Å². The van der Waals surface area contributed by atoms with Crippen LogP contribution in [0.5, 0.6) is 0 Å². The largest absolute Gasteiger partial charge is 0.339 e. The topological polar surface area (TPSA) is 112 Å². The number of pyridine rings is 1. The zero-order valence-corrected chi connectivity index (χ0v) is 17.2. The molecule has 0 aliphatic carbocycles. The van der Waals surface area contributed by atoms with Crippen LogP contribution in [0.2, 0.25) is 0 Å². The van der Waals surface area contributed by atoms with E-state index in [1.54, 1.807) is 6.20 Å². The summed E-state index contributed by atoms with van der Waals surface area (Å²) in [5, 5.41) is 12.6. The van der Waals surface area contributed by atoms with E-state index in [1.807, 2.05) is 43.3 Å². The molecule has 0 unspecified atom stereocenters. The molecule has 2 aliphatic heterocycles. The summed E-state index contributed by atoms with van der Waals surface area (Å²) in [7, 11) is 0. The van der Waals surface area contributed by atoms with E-state index >= 15 is 0 Å². The maximum atomic E-state index is 12.6. The molecule has 0 bridgehead atoms. The number of hydroxylamine groups is 2. The first-order valence-corrected chi connectivity index (χ1v) is 10.3. The highest BCUT2D eigenvalue weighted by atomic mass is 16.5. The number of amides is 2. The van der Waals surface area contributed by atoms with Crippen molar-refractivity contribution in [2.45, 2.75) is 44.7 Å². The fourth-order valence-electron chi connectivity index (χ4n) is 3.97. The second-order valence-corrected chi connectivity index (χ2v) is 8.01. The molecule has 160 valence electrons. The van der Waals surface area contributed by atoms with Crippen LogP contribution in [0.25, 0.3) is 0 Å². The number of hydrogen-bond donors (Lipinski definition) is 2. The van der Waals surface area contributed by atoms with Gasteiger partial charge >= 0.3 is 0 Å². The zero-order chi connectivity index (χ0) is 22.0. The molecule has 0 saturated carbocycles. The summed E-state index contributed by atoms with van der Waals surface area (Å²) in [6.45, 7) is 2.55. The summed E-state index contributed by atoms with van der Waals surface area (Å²) in [5.41, 5.74) is 3.45. The van der Waals surface area contributed by atoms with Gasteiger partial charge in [-0.15, -0.1) is 0 Å². The van der Waals surface area contributed by atoms with Crippen molar-refractivity contribution >= 4 is 23.3 Å². The van der Waals surface area contributed by atoms with Crippen molar-refractivity contribution in [1.82, 2.24) is 15.4 Å². The number of benzene rings is 1. The lowest BCUT2D eigenvalue weighted by Crippen LogP contribution is -2.43. The smallest absolute Gasteiger partial charge is 0.270 e. The number of rotatable bonds is 7. The van der Waals surface area contributed by atoms with Gasteiger partial charge in [0, 0.05) is 30.3 Å². The van der Waals surface area contributed by atoms with Gasteiger partial charge in [-0.05, 0) is 29.5 Å². The predicted molar refractivity (Wildman–Crippen MR) is 113 cm³/mol. The molecule has 3 heterocycles. The number of nitrogens with zero attached hydrogens (tertiary/aromatic N) is 3. The molecule has 2 amide bonds. The predicted octanol–water partition coefficient (Wildman–Crippen LogP) is 1.80. The minimum Gasteiger partial charge on any atom is -0.339 e. The Kier molecular flexibility index (Phi) is 5.90. The second-order valence-electron chi connectivity index (χ2n) is 8.01. The Hall–Kier alpha value is -3.39. The van der Waals surface area contributed by atoms with Gasteiger partial charge in [0.05, 0.1) is 13.1 Å². The fourth-order valence-corrected chi connectivity index (χ4v) is 3.97. The van der Waals surface area contributed by atoms with Crippen molar-refractivity contribution in [2.24, 2.45) is 4.99 Å². The summed E-state index contributed by atoms with van der Waals surface area (Å²) < 4.78 is 0. The average Bonchev–Trinajstić information content (AvgIpc) is 3.32. The first-order valence-electron chi connectivity index (χ1n) is 10.3. The minimum absolute atomic E-state index is 0.106. The molecule has 1 aromatic heterocycles. The quantitative estimate of drug-likeness (QED) is 0.664. The number of carbonyl (C=O) groups excluding carboxylic acids is 3. The van der Waals surface area contributed by atoms with Gasteiger partial charge in [0.25, 0.3) is 11.8 Å². The van der Waals surface area contributed by atoms with Gasteiger partial charge in [-0.3, -0.25) is 29.6 Å². The van der Waals surface area contributed by atoms with Crippen molar-refractivity contribution in [3.05, 3.63) is 65.0 Å². The maximum Gasteiger partial charge on any atom is 0.270 e. The highest BCUT2D eigenvalue weighted by Gasteiger charge is 2.34. The van der Waals surface area contributed by atoms with Gasteiger partial charge in [0.15, 0.2) is 0 Å². The third-order valence-electron chi connectivity index (χ3n) is 5.69. The van der Waals surface area contributed by atoms with E-state index in [4.69, 9.17) is 0 Å². The van der Waals surface area contributed by atoms with E-state index in [9.17, 15) is 19.6 Å². The Labute approximate surface area is 180 Å². The SMILES string of the molecule is C[C@@H](CC(=O)Cc1cc2c(cn1)C(C(=O)N[C@@H]1CCN(O)C1=O)=NC2)c1ccccc1. The second kappa shape index (κ2) is 8.77. The standard InChI is InChI=1S/C23H24N4O4/c1-14(15-5-3-2-4-6-15)9-18(28)11-17-10-16-12-25-21(19(16)13-24-17)22(29)26-20-7-8-27(31)23(20)30/h2-6,10,13-14,20,31H,7-9,11-12H2,1H3,(H,26,29)/t14-,20+/m0/s1. The molecule has 0 radical (unpaired) electrons. The van der Waals surface area contributed by atoms with Crippen LogP contribution in [0.4, 0.5) is 0 Å². The summed E-state index contributed by atoms with van der Waals surface area (Å²) >= 11 is 0. The molecule has 8 nitrogen and oxygen atoms in total. The average molecular weight is 420 g/mol. The van der Waals surface area contributed by atoms with Crippen LogP contribution in [0.15, 0.2) is 47.6 Å². The van der Waals surface area contributed by atoms with E-state index in [2.05, 4.69) is 15.3 Å². The molecule has 1 saturated heterocycles. The van der Waals surface area contributed by atoms with E-state index in [-0.39, 0.29) is 30.4 Å². The number of ketones is 1. The van der Waals surface area contributed by atoms with Gasteiger partial charge in [-0.2, -0.15) is 0 Å². The zero-order valence-electron chi connectivity index (χ0n) is 17.2. The number of Topliss-reactive ketones (excluding diaryl/α,β-unsaturated/α-hetero) is 1. The molecule has 2 atom stereocenters. The number of nitrogens with one attached hydrogen (secondary N) is 1. The lowest BCUT2D eigenvalue weighted by molar-refractivity contribution is -0.158. The van der Waals surface area contributed by atoms with Crippen molar-refractivity contribution in [3.63, 3.8) is 0 Å².